The second-order valence-corrected chi connectivity index (χ2v) is 3.68. The number of carboxylic acid groups (broad SMARTS) is 1. The van der Waals surface area contributed by atoms with Crippen molar-refractivity contribution in [3.05, 3.63) is 0 Å². The highest BCUT2D eigenvalue weighted by molar-refractivity contribution is 5.72. The van der Waals surface area contributed by atoms with E-state index in [1.54, 1.807) is 33.2 Å². The van der Waals surface area contributed by atoms with Gasteiger partial charge in [0.05, 0.1) is 0 Å². The van der Waals surface area contributed by atoms with Crippen LogP contribution in [0.15, 0.2) is 0 Å². The van der Waals surface area contributed by atoms with Crippen molar-refractivity contribution < 1.29 is 9.90 Å². The van der Waals surface area contributed by atoms with Gasteiger partial charge in [-0.25, -0.2) is 0 Å². The molecule has 0 heterocycles. The molecule has 0 aromatic heterocycles. The Balaban J connectivity index is 0.000000123. The molecule has 3 atom stereocenters. The third-order valence-corrected chi connectivity index (χ3v) is 2.78. The molecular formula is C9H17NO2. The van der Waals surface area contributed by atoms with Crippen molar-refractivity contribution in [1.82, 2.24) is 5.32 Å². The van der Waals surface area contributed by atoms with Gasteiger partial charge in [-0.3, -0.25) is 4.79 Å². The van der Waals surface area contributed by atoms with Crippen LogP contribution in [-0.2, 0) is 4.79 Å². The number of carboxylic acids is 1. The summed E-state index contributed by atoms with van der Waals surface area (Å²) in [6.07, 6.45) is 4.70. The van der Waals surface area contributed by atoms with E-state index < -0.39 is 12.0 Å². The first kappa shape index (κ1) is 9.52. The molecular weight excluding hydrogens is 154 g/mol. The molecule has 0 saturated heterocycles. The summed E-state index contributed by atoms with van der Waals surface area (Å²) in [6.45, 7) is 1.59. The van der Waals surface area contributed by atoms with E-state index in [0.29, 0.717) is 0 Å². The number of likely N-dealkylation sites (N-methyl/N-ethyl adjacent to an activating group) is 1. The highest BCUT2D eigenvalue weighted by Crippen LogP contribution is 2.55. The number of aliphatic carboxylic acids is 1. The van der Waals surface area contributed by atoms with E-state index in [1.165, 1.54) is 11.8 Å². The number of hydrogen-bond donors (Lipinski definition) is 2. The Hall–Kier alpha value is -0.570. The van der Waals surface area contributed by atoms with E-state index in [0.717, 1.165) is 0 Å². The third-order valence-electron chi connectivity index (χ3n) is 2.78. The monoisotopic (exact) mass is 171 g/mol. The normalized spacial score (nSPS) is 31.8. The maximum Gasteiger partial charge on any atom is 0.320 e. The summed E-state index contributed by atoms with van der Waals surface area (Å²) in [6, 6.07) is -0.431. The molecule has 0 radical (unpaired) electrons. The quantitative estimate of drug-likeness (QED) is 0.654. The molecule has 3 nitrogen and oxygen atoms in total. The van der Waals surface area contributed by atoms with Gasteiger partial charge in [0, 0.05) is 0 Å². The molecule has 0 aliphatic heterocycles. The Bertz CT molecular complexity index is 158. The van der Waals surface area contributed by atoms with Crippen LogP contribution in [0.4, 0.5) is 0 Å². The summed E-state index contributed by atoms with van der Waals surface area (Å²) in [4.78, 5) is 9.87. The third kappa shape index (κ3) is 2.48. The molecule has 2 N–H and O–H groups in total. The fourth-order valence-corrected chi connectivity index (χ4v) is 1.31. The van der Waals surface area contributed by atoms with Crippen molar-refractivity contribution >= 4 is 5.97 Å². The Morgan fingerprint density at radius 1 is 1.50 bits per heavy atom. The highest BCUT2D eigenvalue weighted by atomic mass is 16.4. The first-order valence-corrected chi connectivity index (χ1v) is 4.55. The van der Waals surface area contributed by atoms with Crippen molar-refractivity contribution in [3.63, 3.8) is 0 Å². The number of hydrogen-bond acceptors (Lipinski definition) is 2. The van der Waals surface area contributed by atoms with Gasteiger partial charge in [0.1, 0.15) is 6.04 Å². The van der Waals surface area contributed by atoms with Crippen LogP contribution in [0.2, 0.25) is 0 Å². The molecule has 2 saturated carbocycles. The largest absolute Gasteiger partial charge is 0.480 e. The Labute approximate surface area is 73.2 Å². The van der Waals surface area contributed by atoms with E-state index in [2.05, 4.69) is 5.32 Å². The predicted molar refractivity (Wildman–Crippen MR) is 47.0 cm³/mol. The average molecular weight is 171 g/mol. The van der Waals surface area contributed by atoms with Crippen molar-refractivity contribution in [2.75, 3.05) is 7.05 Å². The van der Waals surface area contributed by atoms with Crippen molar-refractivity contribution in [1.29, 1.82) is 0 Å². The van der Waals surface area contributed by atoms with Crippen LogP contribution in [-0.4, -0.2) is 24.2 Å². The number of nitrogens with one attached hydrogen (secondary N) is 1. The summed E-state index contributed by atoms with van der Waals surface area (Å²) >= 11 is 0. The van der Waals surface area contributed by atoms with Crippen molar-refractivity contribution in [2.24, 2.45) is 11.8 Å². The minimum Gasteiger partial charge on any atom is -0.480 e. The minimum absolute atomic E-state index is 0.431. The fourth-order valence-electron chi connectivity index (χ4n) is 1.31. The second kappa shape index (κ2) is 3.90. The van der Waals surface area contributed by atoms with Gasteiger partial charge in [0.25, 0.3) is 0 Å². The number of carbonyl (C=O) groups is 1. The first-order chi connectivity index (χ1) is 5.65. The Morgan fingerprint density at radius 2 is 2.00 bits per heavy atom. The van der Waals surface area contributed by atoms with Crippen LogP contribution >= 0.6 is 0 Å². The van der Waals surface area contributed by atoms with Crippen LogP contribution in [0, 0.1) is 11.8 Å². The molecule has 0 bridgehead atoms. The van der Waals surface area contributed by atoms with Crippen LogP contribution in [0.25, 0.3) is 0 Å². The van der Waals surface area contributed by atoms with E-state index in [1.807, 2.05) is 0 Å². The Morgan fingerprint density at radius 3 is 2.00 bits per heavy atom. The molecule has 0 spiro atoms. The minimum atomic E-state index is -0.817. The molecule has 2 rings (SSSR count). The first-order valence-electron chi connectivity index (χ1n) is 4.55. The fraction of sp³-hybridized carbons (Fsp3) is 0.889. The van der Waals surface area contributed by atoms with E-state index in [-0.39, 0.29) is 0 Å². The lowest BCUT2D eigenvalue weighted by Crippen LogP contribution is -2.29. The van der Waals surface area contributed by atoms with Gasteiger partial charge in [-0.05, 0) is 45.1 Å². The summed E-state index contributed by atoms with van der Waals surface area (Å²) in [5, 5.41) is 10.7. The molecule has 3 unspecified atom stereocenters. The summed E-state index contributed by atoms with van der Waals surface area (Å²) in [7, 11) is 1.61. The molecule has 0 amide bonds. The molecule has 2 aliphatic carbocycles. The van der Waals surface area contributed by atoms with Gasteiger partial charge in [0.15, 0.2) is 0 Å². The summed E-state index contributed by atoms with van der Waals surface area (Å²) < 4.78 is 0. The van der Waals surface area contributed by atoms with Crippen molar-refractivity contribution in [3.8, 4) is 0 Å². The maximum absolute atomic E-state index is 9.87. The summed E-state index contributed by atoms with van der Waals surface area (Å²) in [5.41, 5.74) is 0. The van der Waals surface area contributed by atoms with E-state index in [4.69, 9.17) is 5.11 Å². The van der Waals surface area contributed by atoms with Crippen molar-refractivity contribution in [2.45, 2.75) is 32.2 Å². The molecule has 2 aliphatic rings. The van der Waals surface area contributed by atoms with E-state index in [9.17, 15) is 4.79 Å². The molecule has 12 heavy (non-hydrogen) atoms. The average Bonchev–Trinajstić information content (AvgIpc) is 2.58. The SMILES string of the molecule is C1CC2CC12.CNC(C)C(=O)O. The van der Waals surface area contributed by atoms with Crippen LogP contribution in [0.3, 0.4) is 0 Å². The van der Waals surface area contributed by atoms with Gasteiger partial charge in [-0.1, -0.05) is 0 Å². The summed E-state index contributed by atoms with van der Waals surface area (Å²) in [5.74, 6) is 1.65. The van der Waals surface area contributed by atoms with Gasteiger partial charge in [-0.15, -0.1) is 0 Å². The highest BCUT2D eigenvalue weighted by Gasteiger charge is 2.44. The van der Waals surface area contributed by atoms with Crippen LogP contribution in [0.5, 0.6) is 0 Å². The predicted octanol–water partition coefficient (Wildman–Crippen LogP) is 1.10. The number of fused-ring (bicyclic) bond motifs is 1. The second-order valence-electron chi connectivity index (χ2n) is 3.68. The zero-order valence-electron chi connectivity index (χ0n) is 7.71. The smallest absolute Gasteiger partial charge is 0.320 e. The zero-order chi connectivity index (χ0) is 9.14. The molecule has 70 valence electrons. The topological polar surface area (TPSA) is 49.3 Å². The molecule has 3 heteroatoms. The van der Waals surface area contributed by atoms with E-state index >= 15 is 0 Å². The van der Waals surface area contributed by atoms with Gasteiger partial charge >= 0.3 is 5.97 Å². The Kier molecular flexibility index (Phi) is 3.09. The van der Waals surface area contributed by atoms with Gasteiger partial charge in [0.2, 0.25) is 0 Å². The lowest BCUT2D eigenvalue weighted by atomic mass is 10.0. The standard InChI is InChI=1S/C5H8.C4H9NO2/c1-2-5-3-4(1)5;1-3(5-2)4(6)7/h4-5H,1-3H2;3,5H,1-2H3,(H,6,7). The number of rotatable bonds is 2. The molecule has 0 aromatic carbocycles. The van der Waals surface area contributed by atoms with Crippen LogP contribution < -0.4 is 5.32 Å². The lowest BCUT2D eigenvalue weighted by Gasteiger charge is -2.04. The van der Waals surface area contributed by atoms with Gasteiger partial charge in [-0.2, -0.15) is 0 Å². The van der Waals surface area contributed by atoms with Crippen LogP contribution in [0.1, 0.15) is 26.2 Å². The maximum atomic E-state index is 9.87. The zero-order valence-corrected chi connectivity index (χ0v) is 7.71. The lowest BCUT2D eigenvalue weighted by molar-refractivity contribution is -0.138. The van der Waals surface area contributed by atoms with Gasteiger partial charge < -0.3 is 10.4 Å². The molecule has 0 aromatic rings. The molecule has 2 fully saturated rings.